The molecule has 1 N–H and O–H groups in total. The maximum absolute atomic E-state index is 11.0. The van der Waals surface area contributed by atoms with Gasteiger partial charge in [0.25, 0.3) is 5.69 Å². The quantitative estimate of drug-likeness (QED) is 0.404. The first-order chi connectivity index (χ1) is 9.35. The van der Waals surface area contributed by atoms with Crippen LogP contribution in [0.3, 0.4) is 0 Å². The van der Waals surface area contributed by atoms with E-state index in [1.54, 1.807) is 6.07 Å². The first-order valence-electron chi connectivity index (χ1n) is 7.03. The Hall–Kier alpha value is -1.29. The van der Waals surface area contributed by atoms with E-state index in [1.807, 2.05) is 0 Å². The Labute approximate surface area is 125 Å². The minimum absolute atomic E-state index is 0.0683. The number of nitrogens with one attached hydrogen (secondary N) is 1. The minimum Gasteiger partial charge on any atom is -0.379 e. The molecular weight excluding hydrogens is 276 g/mol. The lowest BCUT2D eigenvalue weighted by Crippen LogP contribution is -2.23. The van der Waals surface area contributed by atoms with Gasteiger partial charge in [-0.3, -0.25) is 10.1 Å². The first-order valence-corrected chi connectivity index (χ1v) is 7.41. The van der Waals surface area contributed by atoms with E-state index in [4.69, 9.17) is 11.6 Å². The molecule has 1 rings (SSSR count). The number of nitro benzene ring substituents is 1. The summed E-state index contributed by atoms with van der Waals surface area (Å²) < 4.78 is 0. The van der Waals surface area contributed by atoms with Gasteiger partial charge in [0, 0.05) is 17.6 Å². The Morgan fingerprint density at radius 1 is 1.35 bits per heavy atom. The van der Waals surface area contributed by atoms with E-state index in [-0.39, 0.29) is 16.0 Å². The SMILES string of the molecule is CCCCCC(C)(C)CNc1cc(Cl)ccc1[N+](=O)[O-]. The summed E-state index contributed by atoms with van der Waals surface area (Å²) in [5, 5.41) is 14.7. The van der Waals surface area contributed by atoms with Crippen molar-refractivity contribution in [2.45, 2.75) is 46.5 Å². The lowest BCUT2D eigenvalue weighted by atomic mass is 9.87. The summed E-state index contributed by atoms with van der Waals surface area (Å²) >= 11 is 5.91. The highest BCUT2D eigenvalue weighted by atomic mass is 35.5. The summed E-state index contributed by atoms with van der Waals surface area (Å²) in [4.78, 5) is 10.6. The summed E-state index contributed by atoms with van der Waals surface area (Å²) in [7, 11) is 0. The average molecular weight is 299 g/mol. The molecule has 0 spiro atoms. The molecule has 0 unspecified atom stereocenters. The largest absolute Gasteiger partial charge is 0.379 e. The van der Waals surface area contributed by atoms with Crippen LogP contribution in [-0.4, -0.2) is 11.5 Å². The Morgan fingerprint density at radius 3 is 2.65 bits per heavy atom. The van der Waals surface area contributed by atoms with Crippen LogP contribution < -0.4 is 5.32 Å². The van der Waals surface area contributed by atoms with Crippen LogP contribution in [0.4, 0.5) is 11.4 Å². The standard InChI is InChI=1S/C15H23ClN2O2/c1-4-5-6-9-15(2,3)11-17-13-10-12(16)7-8-14(13)18(19)20/h7-8,10,17H,4-6,9,11H2,1-3H3. The second-order valence-corrected chi connectivity index (χ2v) is 6.33. The molecule has 20 heavy (non-hydrogen) atoms. The van der Waals surface area contributed by atoms with Gasteiger partial charge in [-0.15, -0.1) is 0 Å². The van der Waals surface area contributed by atoms with Crippen LogP contribution in [0.25, 0.3) is 0 Å². The number of halogens is 1. The van der Waals surface area contributed by atoms with Gasteiger partial charge in [0.15, 0.2) is 0 Å². The number of nitrogens with zero attached hydrogens (tertiary/aromatic N) is 1. The highest BCUT2D eigenvalue weighted by Gasteiger charge is 2.20. The molecule has 0 aromatic heterocycles. The molecule has 0 atom stereocenters. The van der Waals surface area contributed by atoms with Gasteiger partial charge in [-0.1, -0.05) is 51.6 Å². The van der Waals surface area contributed by atoms with Gasteiger partial charge in [-0.25, -0.2) is 0 Å². The summed E-state index contributed by atoms with van der Waals surface area (Å²) in [5.41, 5.74) is 0.663. The third-order valence-corrected chi connectivity index (χ3v) is 3.60. The van der Waals surface area contributed by atoms with Crippen molar-refractivity contribution < 1.29 is 4.92 Å². The molecule has 0 aliphatic rings. The van der Waals surface area contributed by atoms with Gasteiger partial charge in [-0.2, -0.15) is 0 Å². The van der Waals surface area contributed by atoms with Gasteiger partial charge in [0.2, 0.25) is 0 Å². The number of nitro groups is 1. The normalized spacial score (nSPS) is 11.4. The molecule has 0 aliphatic carbocycles. The van der Waals surface area contributed by atoms with E-state index in [0.29, 0.717) is 17.3 Å². The number of hydrogen-bond donors (Lipinski definition) is 1. The zero-order valence-electron chi connectivity index (χ0n) is 12.4. The van der Waals surface area contributed by atoms with Gasteiger partial charge in [0.05, 0.1) is 4.92 Å². The van der Waals surface area contributed by atoms with Gasteiger partial charge < -0.3 is 5.32 Å². The van der Waals surface area contributed by atoms with E-state index in [0.717, 1.165) is 6.42 Å². The van der Waals surface area contributed by atoms with E-state index < -0.39 is 0 Å². The lowest BCUT2D eigenvalue weighted by Gasteiger charge is -2.25. The lowest BCUT2D eigenvalue weighted by molar-refractivity contribution is -0.384. The average Bonchev–Trinajstić information content (AvgIpc) is 2.36. The summed E-state index contributed by atoms with van der Waals surface area (Å²) in [6.45, 7) is 7.22. The van der Waals surface area contributed by atoms with E-state index >= 15 is 0 Å². The van der Waals surface area contributed by atoms with Gasteiger partial charge in [-0.05, 0) is 24.0 Å². The Bertz CT molecular complexity index is 461. The highest BCUT2D eigenvalue weighted by molar-refractivity contribution is 6.31. The molecule has 0 saturated carbocycles. The maximum atomic E-state index is 11.0. The van der Waals surface area contributed by atoms with E-state index in [2.05, 4.69) is 26.1 Å². The van der Waals surface area contributed by atoms with Crippen molar-refractivity contribution in [1.82, 2.24) is 0 Å². The second-order valence-electron chi connectivity index (χ2n) is 5.89. The van der Waals surface area contributed by atoms with Crippen molar-refractivity contribution in [1.29, 1.82) is 0 Å². The molecule has 0 amide bonds. The monoisotopic (exact) mass is 298 g/mol. The molecule has 0 radical (unpaired) electrons. The predicted molar refractivity (Wildman–Crippen MR) is 84.5 cm³/mol. The highest BCUT2D eigenvalue weighted by Crippen LogP contribution is 2.30. The van der Waals surface area contributed by atoms with Crippen LogP contribution in [0, 0.1) is 15.5 Å². The predicted octanol–water partition coefficient (Wildman–Crippen LogP) is 5.27. The minimum atomic E-state index is -0.386. The molecule has 0 fully saturated rings. The van der Waals surface area contributed by atoms with Crippen LogP contribution in [0.15, 0.2) is 18.2 Å². The number of hydrogen-bond acceptors (Lipinski definition) is 3. The number of anilines is 1. The Balaban J connectivity index is 2.68. The van der Waals surface area contributed by atoms with Crippen LogP contribution >= 0.6 is 11.6 Å². The van der Waals surface area contributed by atoms with E-state index in [9.17, 15) is 10.1 Å². The molecular formula is C15H23ClN2O2. The zero-order valence-corrected chi connectivity index (χ0v) is 13.2. The topological polar surface area (TPSA) is 55.2 Å². The van der Waals surface area contributed by atoms with Gasteiger partial charge in [0.1, 0.15) is 5.69 Å². The van der Waals surface area contributed by atoms with Crippen molar-refractivity contribution in [2.24, 2.45) is 5.41 Å². The van der Waals surface area contributed by atoms with E-state index in [1.165, 1.54) is 31.4 Å². The second kappa shape index (κ2) is 7.48. The maximum Gasteiger partial charge on any atom is 0.292 e. The Kier molecular flexibility index (Phi) is 6.27. The van der Waals surface area contributed by atoms with Crippen LogP contribution in [0.1, 0.15) is 46.5 Å². The summed E-state index contributed by atoms with van der Waals surface area (Å²) in [6.07, 6.45) is 4.70. The first kappa shape index (κ1) is 16.8. The smallest absolute Gasteiger partial charge is 0.292 e. The molecule has 0 heterocycles. The molecule has 0 saturated heterocycles. The number of unbranched alkanes of at least 4 members (excludes halogenated alkanes) is 2. The molecule has 4 nitrogen and oxygen atoms in total. The molecule has 0 aliphatic heterocycles. The molecule has 112 valence electrons. The fourth-order valence-electron chi connectivity index (χ4n) is 2.09. The van der Waals surface area contributed by atoms with Crippen molar-refractivity contribution in [2.75, 3.05) is 11.9 Å². The van der Waals surface area contributed by atoms with Crippen molar-refractivity contribution in [3.63, 3.8) is 0 Å². The molecule has 0 bridgehead atoms. The number of rotatable bonds is 8. The molecule has 5 heteroatoms. The van der Waals surface area contributed by atoms with Crippen molar-refractivity contribution in [3.8, 4) is 0 Å². The molecule has 1 aromatic carbocycles. The van der Waals surface area contributed by atoms with Crippen molar-refractivity contribution >= 4 is 23.0 Å². The fourth-order valence-corrected chi connectivity index (χ4v) is 2.26. The number of benzene rings is 1. The third kappa shape index (κ3) is 5.37. The molecule has 1 aromatic rings. The third-order valence-electron chi connectivity index (χ3n) is 3.37. The summed E-state index contributed by atoms with van der Waals surface area (Å²) in [6, 6.07) is 4.59. The van der Waals surface area contributed by atoms with Crippen LogP contribution in [-0.2, 0) is 0 Å². The van der Waals surface area contributed by atoms with Crippen molar-refractivity contribution in [3.05, 3.63) is 33.3 Å². The van der Waals surface area contributed by atoms with Crippen LogP contribution in [0.2, 0.25) is 5.02 Å². The van der Waals surface area contributed by atoms with Gasteiger partial charge >= 0.3 is 0 Å². The fraction of sp³-hybridized carbons (Fsp3) is 0.600. The Morgan fingerprint density at radius 2 is 2.05 bits per heavy atom. The summed E-state index contributed by atoms with van der Waals surface area (Å²) in [5.74, 6) is 0. The van der Waals surface area contributed by atoms with Crippen LogP contribution in [0.5, 0.6) is 0 Å². The zero-order chi connectivity index (χ0) is 15.2.